The predicted octanol–water partition coefficient (Wildman–Crippen LogP) is 3.16. The predicted molar refractivity (Wildman–Crippen MR) is 75.4 cm³/mol. The molecule has 3 N–H and O–H groups in total. The first kappa shape index (κ1) is 12.7. The second-order valence-corrected chi connectivity index (χ2v) is 4.84. The third-order valence-corrected chi connectivity index (χ3v) is 3.07. The third kappa shape index (κ3) is 2.90. The number of benzene rings is 2. The van der Waals surface area contributed by atoms with Crippen LogP contribution in [0.4, 0.5) is 5.69 Å². The summed E-state index contributed by atoms with van der Waals surface area (Å²) in [5.41, 5.74) is 10.9. The number of nitrogens with two attached hydrogens (primary N) is 1. The lowest BCUT2D eigenvalue weighted by atomic mass is 9.98. The smallest absolute Gasteiger partial charge is 0.0850 e. The van der Waals surface area contributed by atoms with Crippen LogP contribution in [0.15, 0.2) is 42.5 Å². The van der Waals surface area contributed by atoms with Gasteiger partial charge in [0.15, 0.2) is 0 Å². The molecule has 2 heteroatoms. The molecule has 18 heavy (non-hydrogen) atoms. The van der Waals surface area contributed by atoms with E-state index in [4.69, 9.17) is 5.73 Å². The Balaban J connectivity index is 2.21. The fourth-order valence-corrected chi connectivity index (χ4v) is 2.33. The molecule has 94 valence electrons. The van der Waals surface area contributed by atoms with Crippen molar-refractivity contribution >= 4 is 5.69 Å². The summed E-state index contributed by atoms with van der Waals surface area (Å²) in [6, 6.07) is 13.8. The summed E-state index contributed by atoms with van der Waals surface area (Å²) < 4.78 is 0. The van der Waals surface area contributed by atoms with Crippen LogP contribution < -0.4 is 5.73 Å². The van der Waals surface area contributed by atoms with Gasteiger partial charge in [0.05, 0.1) is 6.10 Å². The van der Waals surface area contributed by atoms with E-state index in [1.165, 1.54) is 11.1 Å². The summed E-state index contributed by atoms with van der Waals surface area (Å²) in [6.45, 7) is 4.14. The number of anilines is 1. The fourth-order valence-electron chi connectivity index (χ4n) is 2.33. The molecular weight excluding hydrogens is 222 g/mol. The van der Waals surface area contributed by atoms with Gasteiger partial charge < -0.3 is 10.8 Å². The number of aliphatic hydroxyl groups is 1. The van der Waals surface area contributed by atoms with Crippen LogP contribution in [0, 0.1) is 13.8 Å². The minimum atomic E-state index is -0.549. The van der Waals surface area contributed by atoms with E-state index in [1.807, 2.05) is 24.3 Å². The molecule has 0 aliphatic carbocycles. The first-order chi connectivity index (χ1) is 8.56. The second kappa shape index (κ2) is 5.23. The Morgan fingerprint density at radius 1 is 1.06 bits per heavy atom. The maximum Gasteiger partial charge on any atom is 0.0850 e. The van der Waals surface area contributed by atoms with Crippen LogP contribution in [0.1, 0.15) is 28.4 Å². The summed E-state index contributed by atoms with van der Waals surface area (Å²) in [6.07, 6.45) is 0.0453. The van der Waals surface area contributed by atoms with Crippen molar-refractivity contribution in [2.75, 3.05) is 5.73 Å². The molecule has 0 saturated carbocycles. The zero-order valence-electron chi connectivity index (χ0n) is 10.9. The third-order valence-electron chi connectivity index (χ3n) is 3.07. The van der Waals surface area contributed by atoms with Gasteiger partial charge in [0.2, 0.25) is 0 Å². The number of nitrogen functional groups attached to an aromatic ring is 1. The van der Waals surface area contributed by atoms with Gasteiger partial charge in [-0.1, -0.05) is 47.5 Å². The number of rotatable bonds is 3. The van der Waals surface area contributed by atoms with Crippen molar-refractivity contribution in [2.45, 2.75) is 26.4 Å². The molecular formula is C16H19NO. The lowest BCUT2D eigenvalue weighted by Crippen LogP contribution is -2.05. The van der Waals surface area contributed by atoms with E-state index in [9.17, 15) is 5.11 Å². The zero-order valence-corrected chi connectivity index (χ0v) is 10.9. The Bertz CT molecular complexity index is 528. The average molecular weight is 241 g/mol. The molecule has 2 rings (SSSR count). The van der Waals surface area contributed by atoms with Gasteiger partial charge in [-0.3, -0.25) is 0 Å². The maximum absolute atomic E-state index is 10.3. The number of para-hydroxylation sites is 1. The second-order valence-electron chi connectivity index (χ2n) is 4.84. The number of hydrogen-bond acceptors (Lipinski definition) is 2. The van der Waals surface area contributed by atoms with Gasteiger partial charge in [0.25, 0.3) is 0 Å². The molecule has 0 spiro atoms. The first-order valence-corrected chi connectivity index (χ1v) is 6.16. The van der Waals surface area contributed by atoms with Gasteiger partial charge >= 0.3 is 0 Å². The molecule has 2 aromatic rings. The van der Waals surface area contributed by atoms with Crippen molar-refractivity contribution in [3.05, 3.63) is 64.7 Å². The topological polar surface area (TPSA) is 46.2 Å². The molecule has 2 aromatic carbocycles. The Hall–Kier alpha value is -1.80. The van der Waals surface area contributed by atoms with Gasteiger partial charge in [-0.15, -0.1) is 0 Å². The van der Waals surface area contributed by atoms with Crippen LogP contribution in [0.3, 0.4) is 0 Å². The quantitative estimate of drug-likeness (QED) is 0.811. The monoisotopic (exact) mass is 241 g/mol. The largest absolute Gasteiger partial charge is 0.398 e. The molecule has 0 radical (unpaired) electrons. The molecule has 1 unspecified atom stereocenters. The van der Waals surface area contributed by atoms with E-state index in [-0.39, 0.29) is 0 Å². The molecule has 0 aromatic heterocycles. The number of aryl methyl sites for hydroxylation is 2. The van der Waals surface area contributed by atoms with E-state index in [1.54, 1.807) is 0 Å². The van der Waals surface area contributed by atoms with E-state index in [0.717, 1.165) is 11.1 Å². The SMILES string of the molecule is Cc1cc(C)cc(CC(O)c2ccccc2N)c1. The van der Waals surface area contributed by atoms with Crippen LogP contribution >= 0.6 is 0 Å². The van der Waals surface area contributed by atoms with Crippen LogP contribution in [-0.2, 0) is 6.42 Å². The molecule has 0 saturated heterocycles. The van der Waals surface area contributed by atoms with Crippen molar-refractivity contribution in [1.82, 2.24) is 0 Å². The Labute approximate surface area is 108 Å². The number of hydrogen-bond donors (Lipinski definition) is 2. The van der Waals surface area contributed by atoms with E-state index in [2.05, 4.69) is 32.0 Å². The molecule has 0 amide bonds. The van der Waals surface area contributed by atoms with Crippen molar-refractivity contribution < 1.29 is 5.11 Å². The zero-order chi connectivity index (χ0) is 13.1. The highest BCUT2D eigenvalue weighted by Gasteiger charge is 2.11. The highest BCUT2D eigenvalue weighted by atomic mass is 16.3. The molecule has 2 nitrogen and oxygen atoms in total. The minimum Gasteiger partial charge on any atom is -0.398 e. The molecule has 0 aliphatic heterocycles. The van der Waals surface area contributed by atoms with Crippen molar-refractivity contribution in [1.29, 1.82) is 0 Å². The minimum absolute atomic E-state index is 0.549. The van der Waals surface area contributed by atoms with E-state index < -0.39 is 6.10 Å². The highest BCUT2D eigenvalue weighted by molar-refractivity contribution is 5.48. The standard InChI is InChI=1S/C16H19NO/c1-11-7-12(2)9-13(8-11)10-16(18)14-5-3-4-6-15(14)17/h3-9,16,18H,10,17H2,1-2H3. The van der Waals surface area contributed by atoms with E-state index >= 15 is 0 Å². The van der Waals surface area contributed by atoms with Gasteiger partial charge in [-0.2, -0.15) is 0 Å². The lowest BCUT2D eigenvalue weighted by Gasteiger charge is -2.14. The molecule has 0 bridgehead atoms. The summed E-state index contributed by atoms with van der Waals surface area (Å²) >= 11 is 0. The van der Waals surface area contributed by atoms with Crippen LogP contribution in [0.25, 0.3) is 0 Å². The van der Waals surface area contributed by atoms with Gasteiger partial charge in [0, 0.05) is 17.7 Å². The van der Waals surface area contributed by atoms with Crippen LogP contribution in [0.2, 0.25) is 0 Å². The van der Waals surface area contributed by atoms with Crippen molar-refractivity contribution in [2.24, 2.45) is 0 Å². The van der Waals surface area contributed by atoms with Gasteiger partial charge in [0.1, 0.15) is 0 Å². The summed E-state index contributed by atoms with van der Waals surface area (Å²) in [5.74, 6) is 0. The first-order valence-electron chi connectivity index (χ1n) is 6.16. The lowest BCUT2D eigenvalue weighted by molar-refractivity contribution is 0.179. The van der Waals surface area contributed by atoms with Crippen LogP contribution in [-0.4, -0.2) is 5.11 Å². The molecule has 1 atom stereocenters. The maximum atomic E-state index is 10.3. The molecule has 0 heterocycles. The normalized spacial score (nSPS) is 12.4. The van der Waals surface area contributed by atoms with Gasteiger partial charge in [-0.25, -0.2) is 0 Å². The average Bonchev–Trinajstić information content (AvgIpc) is 2.27. The summed E-state index contributed by atoms with van der Waals surface area (Å²) in [5, 5.41) is 10.3. The Kier molecular flexibility index (Phi) is 3.68. The van der Waals surface area contributed by atoms with Gasteiger partial charge in [-0.05, 0) is 25.5 Å². The summed E-state index contributed by atoms with van der Waals surface area (Å²) in [7, 11) is 0. The van der Waals surface area contributed by atoms with Crippen molar-refractivity contribution in [3.8, 4) is 0 Å². The fraction of sp³-hybridized carbons (Fsp3) is 0.250. The van der Waals surface area contributed by atoms with E-state index in [0.29, 0.717) is 12.1 Å². The molecule has 0 fully saturated rings. The Morgan fingerprint density at radius 2 is 1.67 bits per heavy atom. The molecule has 0 aliphatic rings. The number of aliphatic hydroxyl groups excluding tert-OH is 1. The highest BCUT2D eigenvalue weighted by Crippen LogP contribution is 2.24. The summed E-state index contributed by atoms with van der Waals surface area (Å²) in [4.78, 5) is 0. The van der Waals surface area contributed by atoms with Crippen molar-refractivity contribution in [3.63, 3.8) is 0 Å². The Morgan fingerprint density at radius 3 is 2.28 bits per heavy atom. The van der Waals surface area contributed by atoms with Crippen LogP contribution in [0.5, 0.6) is 0 Å².